The van der Waals surface area contributed by atoms with E-state index in [-0.39, 0.29) is 64.3 Å². The van der Waals surface area contributed by atoms with Gasteiger partial charge < -0.3 is 44.5 Å². The minimum atomic E-state index is -2.10. The number of rotatable bonds is 12. The number of fused-ring (bicyclic) bond motifs is 1. The molecule has 2 amide bonds. The van der Waals surface area contributed by atoms with Gasteiger partial charge >= 0.3 is 5.97 Å². The lowest BCUT2D eigenvalue weighted by molar-refractivity contribution is -0.122. The normalized spacial score (nSPS) is 18.3. The summed E-state index contributed by atoms with van der Waals surface area (Å²) >= 11 is 6.57. The number of anilines is 1. The number of aliphatic hydroxyl groups is 1. The second kappa shape index (κ2) is 15.2. The third-order valence-corrected chi connectivity index (χ3v) is 9.48. The van der Waals surface area contributed by atoms with E-state index in [4.69, 9.17) is 30.5 Å². The van der Waals surface area contributed by atoms with Crippen LogP contribution in [0.15, 0.2) is 59.9 Å². The Balaban J connectivity index is 1.44. The van der Waals surface area contributed by atoms with Crippen LogP contribution in [-0.4, -0.2) is 80.1 Å². The van der Waals surface area contributed by atoms with Crippen LogP contribution in [0.4, 0.5) is 5.69 Å². The van der Waals surface area contributed by atoms with Gasteiger partial charge in [0.15, 0.2) is 28.8 Å². The molecular formula is C37H37ClN2O12. The highest BCUT2D eigenvalue weighted by molar-refractivity contribution is 6.35. The molecule has 52 heavy (non-hydrogen) atoms. The van der Waals surface area contributed by atoms with Crippen molar-refractivity contribution in [3.05, 3.63) is 81.6 Å². The Bertz CT molecular complexity index is 1980. The highest BCUT2D eigenvalue weighted by Crippen LogP contribution is 2.56. The van der Waals surface area contributed by atoms with Crippen molar-refractivity contribution in [2.24, 2.45) is 5.92 Å². The maximum atomic E-state index is 14.3. The maximum Gasteiger partial charge on any atom is 0.337 e. The van der Waals surface area contributed by atoms with Gasteiger partial charge in [-0.2, -0.15) is 0 Å². The average molecular weight is 737 g/mol. The number of hydrogen-bond donors (Lipinski definition) is 4. The maximum absolute atomic E-state index is 14.3. The largest absolute Gasteiger partial charge is 0.507 e. The number of nitrogens with one attached hydrogen (secondary N) is 2. The number of carbonyl (C=O) groups excluding carboxylic acids is 5. The Kier molecular flexibility index (Phi) is 11.0. The van der Waals surface area contributed by atoms with E-state index in [1.165, 1.54) is 77.0 Å². The molecule has 274 valence electrons. The number of benzene rings is 3. The zero-order valence-corrected chi connectivity index (χ0v) is 29.7. The summed E-state index contributed by atoms with van der Waals surface area (Å²) in [5.41, 5.74) is -1.36. The van der Waals surface area contributed by atoms with E-state index in [9.17, 15) is 34.2 Å². The highest BCUT2D eigenvalue weighted by atomic mass is 35.5. The smallest absolute Gasteiger partial charge is 0.337 e. The number of carbonyl (C=O) groups is 5. The van der Waals surface area contributed by atoms with Crippen LogP contribution >= 0.6 is 11.6 Å². The van der Waals surface area contributed by atoms with Gasteiger partial charge in [-0.3, -0.25) is 19.2 Å². The second-order valence-electron chi connectivity index (χ2n) is 12.2. The number of esters is 1. The molecule has 0 radical (unpaired) electrons. The molecule has 4 N–H and O–H groups in total. The van der Waals surface area contributed by atoms with Crippen LogP contribution in [0.1, 0.15) is 58.4 Å². The first kappa shape index (κ1) is 37.5. The molecule has 0 saturated heterocycles. The minimum Gasteiger partial charge on any atom is -0.507 e. The molecule has 0 fully saturated rings. The summed E-state index contributed by atoms with van der Waals surface area (Å²) in [5.74, 6) is -5.55. The molecule has 15 heteroatoms. The molecule has 1 aliphatic carbocycles. The molecule has 5 rings (SSSR count). The van der Waals surface area contributed by atoms with Gasteiger partial charge in [0.25, 0.3) is 0 Å². The van der Waals surface area contributed by atoms with Crippen LogP contribution in [0.2, 0.25) is 5.02 Å². The molecule has 14 nitrogen and oxygen atoms in total. The van der Waals surface area contributed by atoms with Gasteiger partial charge in [0.2, 0.25) is 23.2 Å². The fraction of sp³-hybridized carbons (Fsp3) is 0.324. The number of aliphatic hydroxyl groups excluding tert-OH is 1. The summed E-state index contributed by atoms with van der Waals surface area (Å²) in [6.45, 7) is 1.49. The number of Topliss-reactive ketones (excluding diaryl/α,β-unsaturated/α-hetero) is 2. The number of ketones is 2. The summed E-state index contributed by atoms with van der Waals surface area (Å²) < 4.78 is 27.0. The third-order valence-electron chi connectivity index (χ3n) is 9.12. The number of aromatic hydroxyl groups is 1. The minimum absolute atomic E-state index is 0.0369. The van der Waals surface area contributed by atoms with Crippen LogP contribution in [-0.2, 0) is 19.1 Å². The van der Waals surface area contributed by atoms with Crippen molar-refractivity contribution in [1.82, 2.24) is 5.32 Å². The van der Waals surface area contributed by atoms with Crippen LogP contribution in [0, 0.1) is 5.92 Å². The molecular weight excluding hydrogens is 700 g/mol. The lowest BCUT2D eigenvalue weighted by Crippen LogP contribution is -2.53. The molecule has 0 bridgehead atoms. The first-order valence-electron chi connectivity index (χ1n) is 16.1. The molecule has 3 aromatic carbocycles. The van der Waals surface area contributed by atoms with Crippen molar-refractivity contribution >= 4 is 46.6 Å². The summed E-state index contributed by atoms with van der Waals surface area (Å²) in [6.07, 6.45) is -0.786. The van der Waals surface area contributed by atoms with Crippen molar-refractivity contribution in [3.8, 4) is 28.7 Å². The topological polar surface area (TPSA) is 196 Å². The standard InChI is InChI=1S/C37H37ClN2O12/c1-18-14-24(42)30(34(45)37(18)35(46)31-26(49-3)17-27(50-4)32(38)33(31)52-37)22(20-8-11-23(41)25(15-20)48-2)16-29(44)39-13-12-28(43)40-21-9-6-19(7-10-21)36(47)51-5/h6-11,15,17-18,22,41,45H,12-14,16H2,1-5H3,(H,39,44)(H,40,43). The van der Waals surface area contributed by atoms with E-state index in [1.807, 2.05) is 0 Å². The SMILES string of the molecule is COC(=O)c1ccc(NC(=O)CCNC(=O)CC(C2=C(O)C3(Oc4c(Cl)c(OC)cc(OC)c4C3=O)C(C)CC2=O)c2ccc(O)c(OC)c2)cc1. The van der Waals surface area contributed by atoms with Gasteiger partial charge in [0.05, 0.1) is 34.0 Å². The van der Waals surface area contributed by atoms with Crippen LogP contribution in [0.5, 0.6) is 28.7 Å². The number of phenols is 1. The molecule has 3 atom stereocenters. The van der Waals surface area contributed by atoms with E-state index >= 15 is 0 Å². The van der Waals surface area contributed by atoms with Crippen molar-refractivity contribution in [2.45, 2.75) is 37.7 Å². The lowest BCUT2D eigenvalue weighted by Gasteiger charge is -2.38. The predicted molar refractivity (Wildman–Crippen MR) is 187 cm³/mol. The Morgan fingerprint density at radius 1 is 0.942 bits per heavy atom. The summed E-state index contributed by atoms with van der Waals surface area (Å²) in [7, 11) is 5.30. The Labute approximate surface area is 303 Å². The number of ether oxygens (including phenoxy) is 5. The molecule has 1 spiro atoms. The number of amides is 2. The predicted octanol–water partition coefficient (Wildman–Crippen LogP) is 4.91. The van der Waals surface area contributed by atoms with Crippen molar-refractivity contribution in [1.29, 1.82) is 0 Å². The summed E-state index contributed by atoms with van der Waals surface area (Å²) in [4.78, 5) is 65.9. The molecule has 1 aliphatic heterocycles. The zero-order chi connectivity index (χ0) is 37.9. The van der Waals surface area contributed by atoms with E-state index in [0.717, 1.165) is 0 Å². The van der Waals surface area contributed by atoms with Crippen LogP contribution in [0.3, 0.4) is 0 Å². The summed E-state index contributed by atoms with van der Waals surface area (Å²) in [6, 6.07) is 11.7. The number of allylic oxidation sites excluding steroid dienone is 1. The van der Waals surface area contributed by atoms with Gasteiger partial charge in [-0.25, -0.2) is 4.79 Å². The molecule has 1 heterocycles. The zero-order valence-electron chi connectivity index (χ0n) is 29.0. The average Bonchev–Trinajstić information content (AvgIpc) is 3.45. The van der Waals surface area contributed by atoms with E-state index in [1.54, 1.807) is 6.92 Å². The molecule has 0 saturated carbocycles. The highest BCUT2D eigenvalue weighted by Gasteiger charge is 2.61. The van der Waals surface area contributed by atoms with Gasteiger partial charge in [-0.05, 0) is 42.0 Å². The Morgan fingerprint density at radius 2 is 1.62 bits per heavy atom. The molecule has 2 aliphatic rings. The van der Waals surface area contributed by atoms with Crippen LogP contribution < -0.4 is 29.6 Å². The van der Waals surface area contributed by atoms with Gasteiger partial charge in [-0.15, -0.1) is 0 Å². The quantitative estimate of drug-likeness (QED) is 0.184. The first-order chi connectivity index (χ1) is 24.8. The van der Waals surface area contributed by atoms with Gasteiger partial charge in [0, 0.05) is 55.0 Å². The summed E-state index contributed by atoms with van der Waals surface area (Å²) in [5, 5.41) is 27.7. The molecule has 3 aromatic rings. The van der Waals surface area contributed by atoms with Crippen LogP contribution in [0.25, 0.3) is 0 Å². The number of methoxy groups -OCH3 is 4. The van der Waals surface area contributed by atoms with Gasteiger partial charge in [0.1, 0.15) is 22.1 Å². The van der Waals surface area contributed by atoms with Crippen molar-refractivity contribution < 1.29 is 57.9 Å². The van der Waals surface area contributed by atoms with Crippen molar-refractivity contribution in [3.63, 3.8) is 0 Å². The second-order valence-corrected chi connectivity index (χ2v) is 12.5. The third kappa shape index (κ3) is 6.81. The Hall–Kier alpha value is -5.76. The number of hydrogen-bond acceptors (Lipinski definition) is 12. The fourth-order valence-electron chi connectivity index (χ4n) is 6.44. The van der Waals surface area contributed by atoms with Crippen molar-refractivity contribution in [2.75, 3.05) is 40.3 Å². The van der Waals surface area contributed by atoms with E-state index in [0.29, 0.717) is 16.8 Å². The van der Waals surface area contributed by atoms with Gasteiger partial charge in [-0.1, -0.05) is 24.6 Å². The lowest BCUT2D eigenvalue weighted by atomic mass is 9.69. The Morgan fingerprint density at radius 3 is 2.25 bits per heavy atom. The molecule has 3 unspecified atom stereocenters. The first-order valence-corrected chi connectivity index (χ1v) is 16.5. The monoisotopic (exact) mass is 736 g/mol. The van der Waals surface area contributed by atoms with E-state index < -0.39 is 59.0 Å². The number of halogens is 1. The fourth-order valence-corrected chi connectivity index (χ4v) is 6.70. The van der Waals surface area contributed by atoms with E-state index in [2.05, 4.69) is 15.4 Å². The number of phenolic OH excluding ortho intramolecular Hbond substituents is 1. The molecule has 0 aromatic heterocycles.